The number of likely N-dealkylation sites (tertiary alicyclic amines) is 1. The van der Waals surface area contributed by atoms with E-state index in [-0.39, 0.29) is 0 Å². The van der Waals surface area contributed by atoms with Crippen LogP contribution in [0.15, 0.2) is 29.3 Å². The number of amidine groups is 1. The highest BCUT2D eigenvalue weighted by Gasteiger charge is 2.69. The molecule has 0 N–H and O–H groups in total. The molecule has 6 rings (SSSR count). The molecule has 36 heavy (non-hydrogen) atoms. The van der Waals surface area contributed by atoms with Gasteiger partial charge >= 0.3 is 0 Å². The number of aliphatic imine (C=N–C) groups is 1. The molecule has 4 fully saturated rings. The fourth-order valence-electron chi connectivity index (χ4n) is 7.77. The van der Waals surface area contributed by atoms with Crippen molar-refractivity contribution in [3.05, 3.63) is 29.8 Å². The summed E-state index contributed by atoms with van der Waals surface area (Å²) < 4.78 is 5.79. The van der Waals surface area contributed by atoms with Crippen molar-refractivity contribution >= 4 is 23.0 Å². The molecule has 0 unspecified atom stereocenters. The Balaban J connectivity index is 1.53. The Morgan fingerprint density at radius 3 is 2.19 bits per heavy atom. The third kappa shape index (κ3) is 3.35. The van der Waals surface area contributed by atoms with Crippen LogP contribution < -0.4 is 4.74 Å². The summed E-state index contributed by atoms with van der Waals surface area (Å²) >= 11 is 6.25. The van der Waals surface area contributed by atoms with E-state index in [0.717, 1.165) is 24.2 Å². The van der Waals surface area contributed by atoms with Gasteiger partial charge in [0.2, 0.25) is 0 Å². The minimum Gasteiger partial charge on any atom is -0.496 e. The highest BCUT2D eigenvalue weighted by atomic mass is 32.1. The number of thiocarbonyl (C=S) groups is 1. The van der Waals surface area contributed by atoms with Crippen molar-refractivity contribution in [2.24, 2.45) is 15.8 Å². The van der Waals surface area contributed by atoms with Crippen molar-refractivity contribution < 1.29 is 4.74 Å². The van der Waals surface area contributed by atoms with Gasteiger partial charge in [0.15, 0.2) is 0 Å². The Bertz CT molecular complexity index is 1160. The molecule has 3 heterocycles. The molecule has 0 radical (unpaired) electrons. The van der Waals surface area contributed by atoms with Crippen LogP contribution in [0.1, 0.15) is 62.8 Å². The van der Waals surface area contributed by atoms with Crippen LogP contribution in [0.25, 0.3) is 0 Å². The first-order chi connectivity index (χ1) is 17.6. The molecule has 0 aromatic heterocycles. The van der Waals surface area contributed by atoms with Crippen LogP contribution >= 0.6 is 12.2 Å². The largest absolute Gasteiger partial charge is 0.496 e. The minimum atomic E-state index is -1.02. The molecule has 0 amide bonds. The number of hydrogen-bond donors (Lipinski definition) is 0. The molecule has 0 spiro atoms. The van der Waals surface area contributed by atoms with Gasteiger partial charge in [-0.2, -0.15) is 10.5 Å². The Hall–Kier alpha value is -2.52. The maximum absolute atomic E-state index is 11.1. The smallest absolute Gasteiger partial charge is 0.136 e. The number of ether oxygens (including phenoxy) is 1. The van der Waals surface area contributed by atoms with Crippen LogP contribution in [0.2, 0.25) is 0 Å². The zero-order valence-electron chi connectivity index (χ0n) is 21.0. The first kappa shape index (κ1) is 23.9. The summed E-state index contributed by atoms with van der Waals surface area (Å²) in [5.74, 6) is 1.03. The van der Waals surface area contributed by atoms with Crippen molar-refractivity contribution in [1.29, 1.82) is 10.5 Å². The third-order valence-electron chi connectivity index (χ3n) is 9.43. The number of nitrogens with zero attached hydrogens (tertiary/aromatic N) is 6. The number of methoxy groups -OCH3 is 1. The average molecular weight is 503 g/mol. The SMILES string of the molecule is COc1ccccc1[C@@H]1[C@@]2(C#N)CN(C3CCCC3)C[C@@]1(C#N)C1=NCN(C3CCCC3)CN1C2=S. The van der Waals surface area contributed by atoms with Gasteiger partial charge in [-0.3, -0.25) is 14.8 Å². The highest BCUT2D eigenvalue weighted by Crippen LogP contribution is 2.60. The van der Waals surface area contributed by atoms with E-state index in [1.165, 1.54) is 38.5 Å². The van der Waals surface area contributed by atoms with E-state index >= 15 is 0 Å². The normalized spacial score (nSPS) is 33.6. The summed E-state index contributed by atoms with van der Waals surface area (Å²) in [5, 5.41) is 22.1. The van der Waals surface area contributed by atoms with Gasteiger partial charge in [0.1, 0.15) is 27.4 Å². The molecule has 1 aromatic rings. The zero-order chi connectivity index (χ0) is 24.9. The lowest BCUT2D eigenvalue weighted by molar-refractivity contribution is 0.0282. The van der Waals surface area contributed by atoms with Gasteiger partial charge in [-0.1, -0.05) is 56.1 Å². The molecule has 3 aliphatic heterocycles. The van der Waals surface area contributed by atoms with Crippen LogP contribution in [0, 0.1) is 33.5 Å². The van der Waals surface area contributed by atoms with Crippen molar-refractivity contribution in [1.82, 2.24) is 14.7 Å². The Labute approximate surface area is 219 Å². The lowest BCUT2D eigenvalue weighted by Crippen LogP contribution is -2.74. The first-order valence-corrected chi connectivity index (χ1v) is 13.8. The predicted octanol–water partition coefficient (Wildman–Crippen LogP) is 4.27. The Kier molecular flexibility index (Phi) is 6.03. The highest BCUT2D eigenvalue weighted by molar-refractivity contribution is 7.80. The number of fused-ring (bicyclic) bond motifs is 4. The summed E-state index contributed by atoms with van der Waals surface area (Å²) in [7, 11) is 1.66. The molecular formula is C28H34N6OS. The van der Waals surface area contributed by atoms with Crippen LogP contribution in [0.5, 0.6) is 5.75 Å². The second-order valence-corrected chi connectivity index (χ2v) is 11.6. The van der Waals surface area contributed by atoms with Gasteiger partial charge in [0, 0.05) is 36.7 Å². The van der Waals surface area contributed by atoms with E-state index < -0.39 is 16.7 Å². The van der Waals surface area contributed by atoms with E-state index in [1.54, 1.807) is 7.11 Å². The minimum absolute atomic E-state index is 0.387. The van der Waals surface area contributed by atoms with Crippen molar-refractivity contribution in [3.8, 4) is 17.9 Å². The first-order valence-electron chi connectivity index (χ1n) is 13.4. The second kappa shape index (κ2) is 9.10. The fraction of sp³-hybridized carbons (Fsp3) is 0.643. The third-order valence-corrected chi connectivity index (χ3v) is 10.0. The zero-order valence-corrected chi connectivity index (χ0v) is 21.8. The standard InChI is InChI=1S/C28H34N6OS/c1-35-23-13-7-6-12-22(23)24-27(14-29)16-32(20-8-2-3-9-20)17-28(24,15-30)26(36)34-19-33(18-31-25(27)34)21-10-4-5-11-21/h6-7,12-13,20-21,24H,2-5,8-11,16-19H2,1H3/t24-,27+,28+/m0/s1. The summed E-state index contributed by atoms with van der Waals surface area (Å²) in [6, 6.07) is 14.2. The molecule has 8 heteroatoms. The van der Waals surface area contributed by atoms with E-state index in [0.29, 0.717) is 49.2 Å². The summed E-state index contributed by atoms with van der Waals surface area (Å²) in [6.45, 7) is 2.33. The number of piperidine rings is 2. The van der Waals surface area contributed by atoms with Crippen LogP contribution in [0.4, 0.5) is 0 Å². The average Bonchev–Trinajstić information content (AvgIpc) is 3.66. The van der Waals surface area contributed by atoms with Crippen LogP contribution in [-0.2, 0) is 0 Å². The van der Waals surface area contributed by atoms with E-state index in [2.05, 4.69) is 26.8 Å². The molecule has 7 nitrogen and oxygen atoms in total. The van der Waals surface area contributed by atoms with Gasteiger partial charge in [-0.05, 0) is 31.7 Å². The van der Waals surface area contributed by atoms with Gasteiger partial charge in [0.25, 0.3) is 0 Å². The Morgan fingerprint density at radius 2 is 1.56 bits per heavy atom. The lowest BCUT2D eigenvalue weighted by Gasteiger charge is -2.61. The number of benzene rings is 1. The summed E-state index contributed by atoms with van der Waals surface area (Å²) in [5.41, 5.74) is -1.11. The number of para-hydroxylation sites is 1. The number of hydrogen-bond acceptors (Lipinski definition) is 7. The maximum Gasteiger partial charge on any atom is 0.136 e. The Morgan fingerprint density at radius 1 is 0.944 bits per heavy atom. The topological polar surface area (TPSA) is 78.9 Å². The molecule has 3 atom stereocenters. The molecule has 2 saturated heterocycles. The van der Waals surface area contributed by atoms with Gasteiger partial charge < -0.3 is 9.64 Å². The quantitative estimate of drug-likeness (QED) is 0.569. The van der Waals surface area contributed by atoms with E-state index in [9.17, 15) is 10.5 Å². The monoisotopic (exact) mass is 502 g/mol. The maximum atomic E-state index is 11.1. The molecular weight excluding hydrogens is 468 g/mol. The molecule has 1 aromatic carbocycles. The van der Waals surface area contributed by atoms with Crippen LogP contribution in [0.3, 0.4) is 0 Å². The molecule has 188 valence electrons. The van der Waals surface area contributed by atoms with Crippen molar-refractivity contribution in [2.75, 3.05) is 33.5 Å². The van der Waals surface area contributed by atoms with Crippen molar-refractivity contribution in [2.45, 2.75) is 69.4 Å². The number of nitriles is 2. The summed E-state index contributed by atoms with van der Waals surface area (Å²) in [4.78, 5) is 12.6. The van der Waals surface area contributed by atoms with Gasteiger partial charge in [-0.15, -0.1) is 0 Å². The lowest BCUT2D eigenvalue weighted by atomic mass is 9.53. The molecule has 2 bridgehead atoms. The van der Waals surface area contributed by atoms with E-state index in [4.69, 9.17) is 21.9 Å². The summed E-state index contributed by atoms with van der Waals surface area (Å²) in [6.07, 6.45) is 9.47. The van der Waals surface area contributed by atoms with Gasteiger partial charge in [-0.25, -0.2) is 0 Å². The second-order valence-electron chi connectivity index (χ2n) is 11.2. The van der Waals surface area contributed by atoms with Gasteiger partial charge in [0.05, 0.1) is 32.6 Å². The van der Waals surface area contributed by atoms with E-state index in [1.807, 2.05) is 24.3 Å². The number of rotatable bonds is 4. The molecule has 2 saturated carbocycles. The van der Waals surface area contributed by atoms with Crippen LogP contribution in [-0.4, -0.2) is 71.1 Å². The molecule has 2 aliphatic carbocycles. The predicted molar refractivity (Wildman–Crippen MR) is 141 cm³/mol. The van der Waals surface area contributed by atoms with Crippen molar-refractivity contribution in [3.63, 3.8) is 0 Å². The molecule has 5 aliphatic rings. The fourth-order valence-corrected chi connectivity index (χ4v) is 8.14.